The molecule has 6 nitrogen and oxygen atoms in total. The number of likely N-dealkylation sites (N-methyl/N-ethyl adjacent to an activating group) is 2. The average Bonchev–Trinajstić information content (AvgIpc) is 3.30. The fourth-order valence-electron chi connectivity index (χ4n) is 1.94. The Morgan fingerprint density at radius 2 is 1.91 bits per heavy atom. The van der Waals surface area contributed by atoms with Gasteiger partial charge in [-0.05, 0) is 25.8 Å². The Morgan fingerprint density at radius 3 is 2.50 bits per heavy atom. The van der Waals surface area contributed by atoms with E-state index < -0.39 is 0 Å². The number of guanidine groups is 1. The molecule has 0 unspecified atom stereocenters. The summed E-state index contributed by atoms with van der Waals surface area (Å²) in [6, 6.07) is 0. The number of hydrogen-bond acceptors (Lipinski definition) is 4. The van der Waals surface area contributed by atoms with Crippen molar-refractivity contribution in [1.82, 2.24) is 15.1 Å². The Hall–Kier alpha value is -0.120. The minimum Gasteiger partial charge on any atom is -0.383 e. The molecule has 0 bridgehead atoms. The van der Waals surface area contributed by atoms with E-state index in [0.29, 0.717) is 0 Å². The van der Waals surface area contributed by atoms with E-state index in [9.17, 15) is 0 Å². The number of hydrogen-bond donors (Lipinski definition) is 1. The number of rotatable bonds is 11. The predicted octanol–water partition coefficient (Wildman–Crippen LogP) is 1.12. The molecule has 0 spiro atoms. The lowest BCUT2D eigenvalue weighted by Crippen LogP contribution is -2.43. The number of nitrogens with one attached hydrogen (secondary N) is 1. The molecule has 1 N–H and O–H groups in total. The lowest BCUT2D eigenvalue weighted by Gasteiger charge is -2.23. The van der Waals surface area contributed by atoms with E-state index in [1.807, 2.05) is 14.1 Å². The molecule has 1 saturated carbocycles. The highest BCUT2D eigenvalue weighted by Gasteiger charge is 2.21. The van der Waals surface area contributed by atoms with E-state index in [1.54, 1.807) is 7.11 Å². The maximum absolute atomic E-state index is 5.66. The molecule has 7 heteroatoms. The van der Waals surface area contributed by atoms with Crippen LogP contribution in [-0.2, 0) is 9.47 Å². The summed E-state index contributed by atoms with van der Waals surface area (Å²) < 4.78 is 10.7. The molecule has 22 heavy (non-hydrogen) atoms. The number of methoxy groups -OCH3 is 1. The van der Waals surface area contributed by atoms with E-state index in [-0.39, 0.29) is 24.0 Å². The molecule has 0 aromatic carbocycles. The first-order chi connectivity index (χ1) is 10.2. The molecule has 0 saturated heterocycles. The van der Waals surface area contributed by atoms with Gasteiger partial charge < -0.3 is 24.6 Å². The monoisotopic (exact) mass is 428 g/mol. The molecular weight excluding hydrogens is 395 g/mol. The molecule has 0 atom stereocenters. The van der Waals surface area contributed by atoms with Crippen molar-refractivity contribution in [3.05, 3.63) is 0 Å². The molecule has 132 valence electrons. The summed E-state index contributed by atoms with van der Waals surface area (Å²) in [5.41, 5.74) is 0. The Labute approximate surface area is 152 Å². The van der Waals surface area contributed by atoms with Crippen LogP contribution in [0.15, 0.2) is 4.99 Å². The quantitative estimate of drug-likeness (QED) is 0.231. The van der Waals surface area contributed by atoms with Crippen LogP contribution in [0.2, 0.25) is 0 Å². The standard InChI is InChI=1S/C15H32N4O2.HI/c1-16-15(17-7-8-18(2)9-11-20-4)19(3)10-12-21-13-14-5-6-14;/h14H,5-13H2,1-4H3,(H,16,17);1H. The van der Waals surface area contributed by atoms with Gasteiger partial charge in [-0.25, -0.2) is 0 Å². The minimum absolute atomic E-state index is 0. The van der Waals surface area contributed by atoms with Gasteiger partial charge in [0.15, 0.2) is 5.96 Å². The van der Waals surface area contributed by atoms with Gasteiger partial charge in [-0.1, -0.05) is 0 Å². The molecule has 0 radical (unpaired) electrons. The van der Waals surface area contributed by atoms with Crippen LogP contribution in [0.1, 0.15) is 12.8 Å². The van der Waals surface area contributed by atoms with Crippen LogP contribution in [0.5, 0.6) is 0 Å². The van der Waals surface area contributed by atoms with Gasteiger partial charge in [0.2, 0.25) is 0 Å². The summed E-state index contributed by atoms with van der Waals surface area (Å²) >= 11 is 0. The third kappa shape index (κ3) is 10.6. The van der Waals surface area contributed by atoms with E-state index in [2.05, 4.69) is 27.2 Å². The molecule has 0 aromatic heterocycles. The summed E-state index contributed by atoms with van der Waals surface area (Å²) in [6.45, 7) is 6.11. The van der Waals surface area contributed by atoms with Gasteiger partial charge in [0.05, 0.1) is 13.2 Å². The summed E-state index contributed by atoms with van der Waals surface area (Å²) in [6.07, 6.45) is 2.69. The first kappa shape index (κ1) is 21.9. The van der Waals surface area contributed by atoms with Crippen molar-refractivity contribution in [1.29, 1.82) is 0 Å². The SMILES string of the molecule is CN=C(NCCN(C)CCOC)N(C)CCOCC1CC1.I. The molecule has 0 aromatic rings. The summed E-state index contributed by atoms with van der Waals surface area (Å²) in [5, 5.41) is 3.38. The van der Waals surface area contributed by atoms with Crippen molar-refractivity contribution in [2.45, 2.75) is 12.8 Å². The van der Waals surface area contributed by atoms with Gasteiger partial charge in [0.1, 0.15) is 0 Å². The molecule has 0 amide bonds. The smallest absolute Gasteiger partial charge is 0.193 e. The lowest BCUT2D eigenvalue weighted by atomic mass is 10.5. The Bertz CT molecular complexity index is 301. The average molecular weight is 428 g/mol. The van der Waals surface area contributed by atoms with Crippen LogP contribution < -0.4 is 5.32 Å². The maximum atomic E-state index is 5.66. The van der Waals surface area contributed by atoms with E-state index >= 15 is 0 Å². The van der Waals surface area contributed by atoms with Crippen molar-refractivity contribution in [2.24, 2.45) is 10.9 Å². The molecule has 0 heterocycles. The number of halogens is 1. The second kappa shape index (κ2) is 13.3. The minimum atomic E-state index is 0. The Balaban J connectivity index is 0.00000441. The Morgan fingerprint density at radius 1 is 1.18 bits per heavy atom. The van der Waals surface area contributed by atoms with Crippen LogP contribution in [0.4, 0.5) is 0 Å². The highest BCUT2D eigenvalue weighted by Crippen LogP contribution is 2.28. The van der Waals surface area contributed by atoms with Gasteiger partial charge in [0.25, 0.3) is 0 Å². The van der Waals surface area contributed by atoms with Gasteiger partial charge in [-0.15, -0.1) is 24.0 Å². The molecule has 1 aliphatic rings. The third-order valence-corrected chi connectivity index (χ3v) is 3.65. The molecule has 0 aliphatic heterocycles. The van der Waals surface area contributed by atoms with E-state index in [4.69, 9.17) is 9.47 Å². The highest BCUT2D eigenvalue weighted by atomic mass is 127. The van der Waals surface area contributed by atoms with Crippen molar-refractivity contribution < 1.29 is 9.47 Å². The van der Waals surface area contributed by atoms with Crippen molar-refractivity contribution in [2.75, 3.05) is 74.3 Å². The lowest BCUT2D eigenvalue weighted by molar-refractivity contribution is 0.115. The number of nitrogens with zero attached hydrogens (tertiary/aromatic N) is 3. The van der Waals surface area contributed by atoms with Crippen LogP contribution in [0.25, 0.3) is 0 Å². The largest absolute Gasteiger partial charge is 0.383 e. The van der Waals surface area contributed by atoms with Crippen molar-refractivity contribution in [3.8, 4) is 0 Å². The number of aliphatic imine (C=N–C) groups is 1. The summed E-state index contributed by atoms with van der Waals surface area (Å²) in [4.78, 5) is 8.66. The summed E-state index contributed by atoms with van der Waals surface area (Å²) in [7, 11) is 7.69. The molecule has 1 fully saturated rings. The van der Waals surface area contributed by atoms with Gasteiger partial charge in [0, 0.05) is 54.0 Å². The second-order valence-corrected chi connectivity index (χ2v) is 5.71. The van der Waals surface area contributed by atoms with E-state index in [1.165, 1.54) is 12.8 Å². The highest BCUT2D eigenvalue weighted by molar-refractivity contribution is 14.0. The van der Waals surface area contributed by atoms with Gasteiger partial charge >= 0.3 is 0 Å². The van der Waals surface area contributed by atoms with Crippen molar-refractivity contribution >= 4 is 29.9 Å². The Kier molecular flexibility index (Phi) is 13.3. The molecular formula is C15H33IN4O2. The van der Waals surface area contributed by atoms with Gasteiger partial charge in [-0.3, -0.25) is 4.99 Å². The fraction of sp³-hybridized carbons (Fsp3) is 0.933. The van der Waals surface area contributed by atoms with Gasteiger partial charge in [-0.2, -0.15) is 0 Å². The second-order valence-electron chi connectivity index (χ2n) is 5.71. The first-order valence-electron chi connectivity index (χ1n) is 7.84. The van der Waals surface area contributed by atoms with E-state index in [0.717, 1.165) is 57.9 Å². The maximum Gasteiger partial charge on any atom is 0.193 e. The van der Waals surface area contributed by atoms with Crippen LogP contribution in [-0.4, -0.2) is 90.0 Å². The van der Waals surface area contributed by atoms with Crippen LogP contribution >= 0.6 is 24.0 Å². The topological polar surface area (TPSA) is 49.3 Å². The molecule has 1 aliphatic carbocycles. The zero-order valence-electron chi connectivity index (χ0n) is 14.5. The first-order valence-corrected chi connectivity index (χ1v) is 7.84. The normalized spacial score (nSPS) is 14.9. The number of ether oxygens (including phenoxy) is 2. The van der Waals surface area contributed by atoms with Crippen LogP contribution in [0, 0.1) is 5.92 Å². The van der Waals surface area contributed by atoms with Crippen LogP contribution in [0.3, 0.4) is 0 Å². The van der Waals surface area contributed by atoms with Crippen molar-refractivity contribution in [3.63, 3.8) is 0 Å². The predicted molar refractivity (Wildman–Crippen MR) is 102 cm³/mol. The third-order valence-electron chi connectivity index (χ3n) is 3.65. The molecule has 1 rings (SSSR count). The summed E-state index contributed by atoms with van der Waals surface area (Å²) in [5.74, 6) is 1.75. The fourth-order valence-corrected chi connectivity index (χ4v) is 1.94. The zero-order chi connectivity index (χ0) is 15.5. The zero-order valence-corrected chi connectivity index (χ0v) is 16.8.